The molecule has 2 nitrogen and oxygen atoms in total. The SMILES string of the molecule is CCCN(CC)CCCC(CCN)C(C)(C)C. The zero-order valence-electron chi connectivity index (χ0n) is 12.8. The molecule has 0 saturated carbocycles. The third-order valence-electron chi connectivity index (χ3n) is 3.75. The van der Waals surface area contributed by atoms with Gasteiger partial charge in [-0.3, -0.25) is 0 Å². The third-order valence-corrected chi connectivity index (χ3v) is 3.75. The fraction of sp³-hybridized carbons (Fsp3) is 1.00. The zero-order valence-corrected chi connectivity index (χ0v) is 12.8. The summed E-state index contributed by atoms with van der Waals surface area (Å²) in [5.41, 5.74) is 6.13. The minimum atomic E-state index is 0.404. The summed E-state index contributed by atoms with van der Waals surface area (Å²) in [6.45, 7) is 16.1. The highest BCUT2D eigenvalue weighted by atomic mass is 15.1. The van der Waals surface area contributed by atoms with E-state index in [-0.39, 0.29) is 0 Å². The van der Waals surface area contributed by atoms with Crippen molar-refractivity contribution in [2.75, 3.05) is 26.2 Å². The smallest absolute Gasteiger partial charge is 0.00188 e. The van der Waals surface area contributed by atoms with Crippen LogP contribution in [0.5, 0.6) is 0 Å². The molecule has 0 heterocycles. The fourth-order valence-corrected chi connectivity index (χ4v) is 2.52. The van der Waals surface area contributed by atoms with Crippen molar-refractivity contribution in [2.24, 2.45) is 17.1 Å². The van der Waals surface area contributed by atoms with E-state index in [4.69, 9.17) is 5.73 Å². The van der Waals surface area contributed by atoms with Crippen molar-refractivity contribution in [3.8, 4) is 0 Å². The topological polar surface area (TPSA) is 29.3 Å². The average Bonchev–Trinajstić information content (AvgIpc) is 2.25. The van der Waals surface area contributed by atoms with Crippen molar-refractivity contribution in [1.82, 2.24) is 4.90 Å². The van der Waals surface area contributed by atoms with E-state index in [0.717, 1.165) is 12.5 Å². The van der Waals surface area contributed by atoms with E-state index < -0.39 is 0 Å². The summed E-state index contributed by atoms with van der Waals surface area (Å²) in [5, 5.41) is 0. The summed E-state index contributed by atoms with van der Waals surface area (Å²) < 4.78 is 0. The highest BCUT2D eigenvalue weighted by Gasteiger charge is 2.23. The molecule has 0 radical (unpaired) electrons. The highest BCUT2D eigenvalue weighted by Crippen LogP contribution is 2.32. The number of hydrogen-bond donors (Lipinski definition) is 1. The lowest BCUT2D eigenvalue weighted by Crippen LogP contribution is -2.28. The molecule has 1 unspecified atom stereocenters. The van der Waals surface area contributed by atoms with Gasteiger partial charge < -0.3 is 10.6 Å². The monoisotopic (exact) mass is 242 g/mol. The molecule has 0 aliphatic heterocycles. The summed E-state index contributed by atoms with van der Waals surface area (Å²) >= 11 is 0. The van der Waals surface area contributed by atoms with Crippen molar-refractivity contribution >= 4 is 0 Å². The molecule has 0 rings (SSSR count). The summed E-state index contributed by atoms with van der Waals surface area (Å²) in [5.74, 6) is 0.771. The maximum absolute atomic E-state index is 5.72. The van der Waals surface area contributed by atoms with E-state index in [1.165, 1.54) is 45.3 Å². The predicted molar refractivity (Wildman–Crippen MR) is 78.3 cm³/mol. The summed E-state index contributed by atoms with van der Waals surface area (Å²) in [6, 6.07) is 0. The van der Waals surface area contributed by atoms with Gasteiger partial charge in [-0.2, -0.15) is 0 Å². The molecule has 0 bridgehead atoms. The fourth-order valence-electron chi connectivity index (χ4n) is 2.52. The first-order valence-electron chi connectivity index (χ1n) is 7.38. The van der Waals surface area contributed by atoms with Crippen molar-refractivity contribution in [3.05, 3.63) is 0 Å². The van der Waals surface area contributed by atoms with Gasteiger partial charge in [0.1, 0.15) is 0 Å². The second kappa shape index (κ2) is 8.93. The van der Waals surface area contributed by atoms with E-state index >= 15 is 0 Å². The summed E-state index contributed by atoms with van der Waals surface area (Å²) in [7, 11) is 0. The van der Waals surface area contributed by atoms with Crippen LogP contribution in [0.2, 0.25) is 0 Å². The predicted octanol–water partition coefficient (Wildman–Crippen LogP) is 3.51. The van der Waals surface area contributed by atoms with Gasteiger partial charge in [0.2, 0.25) is 0 Å². The van der Waals surface area contributed by atoms with Crippen LogP contribution < -0.4 is 5.73 Å². The van der Waals surface area contributed by atoms with Gasteiger partial charge in [0.25, 0.3) is 0 Å². The van der Waals surface area contributed by atoms with Crippen LogP contribution in [0.3, 0.4) is 0 Å². The molecule has 0 aromatic carbocycles. The molecule has 0 saturated heterocycles. The Hall–Kier alpha value is -0.0800. The second-order valence-electron chi connectivity index (χ2n) is 6.22. The molecule has 104 valence electrons. The van der Waals surface area contributed by atoms with Crippen LogP contribution in [-0.4, -0.2) is 31.1 Å². The first kappa shape index (κ1) is 16.9. The lowest BCUT2D eigenvalue weighted by Gasteiger charge is -2.31. The highest BCUT2D eigenvalue weighted by molar-refractivity contribution is 4.75. The first-order chi connectivity index (χ1) is 7.95. The zero-order chi connectivity index (χ0) is 13.3. The van der Waals surface area contributed by atoms with Crippen LogP contribution in [-0.2, 0) is 0 Å². The second-order valence-corrected chi connectivity index (χ2v) is 6.22. The molecule has 2 heteroatoms. The third kappa shape index (κ3) is 7.77. The Morgan fingerprint density at radius 1 is 1.06 bits per heavy atom. The number of hydrogen-bond acceptors (Lipinski definition) is 2. The molecule has 0 aliphatic rings. The molecular formula is C15H34N2. The lowest BCUT2D eigenvalue weighted by molar-refractivity contribution is 0.195. The van der Waals surface area contributed by atoms with Crippen molar-refractivity contribution < 1.29 is 0 Å². The van der Waals surface area contributed by atoms with E-state index in [1.54, 1.807) is 0 Å². The van der Waals surface area contributed by atoms with Gasteiger partial charge in [-0.05, 0) is 63.2 Å². The van der Waals surface area contributed by atoms with Crippen molar-refractivity contribution in [1.29, 1.82) is 0 Å². The normalized spacial score (nSPS) is 14.3. The molecule has 0 aromatic heterocycles. The van der Waals surface area contributed by atoms with E-state index in [2.05, 4.69) is 39.5 Å². The molecular weight excluding hydrogens is 208 g/mol. The minimum absolute atomic E-state index is 0.404. The van der Waals surface area contributed by atoms with Crippen LogP contribution >= 0.6 is 0 Å². The minimum Gasteiger partial charge on any atom is -0.330 e. The Kier molecular flexibility index (Phi) is 8.89. The maximum Gasteiger partial charge on any atom is -0.00188 e. The van der Waals surface area contributed by atoms with E-state index in [1.807, 2.05) is 0 Å². The maximum atomic E-state index is 5.72. The average molecular weight is 242 g/mol. The summed E-state index contributed by atoms with van der Waals surface area (Å²) in [6.07, 6.45) is 5.07. The van der Waals surface area contributed by atoms with Gasteiger partial charge >= 0.3 is 0 Å². The van der Waals surface area contributed by atoms with Crippen LogP contribution in [0.1, 0.15) is 60.3 Å². The molecule has 17 heavy (non-hydrogen) atoms. The number of nitrogens with two attached hydrogens (primary N) is 1. The van der Waals surface area contributed by atoms with Crippen molar-refractivity contribution in [2.45, 2.75) is 60.3 Å². The van der Waals surface area contributed by atoms with Gasteiger partial charge in [-0.15, -0.1) is 0 Å². The van der Waals surface area contributed by atoms with Gasteiger partial charge in [0.05, 0.1) is 0 Å². The van der Waals surface area contributed by atoms with Gasteiger partial charge in [-0.25, -0.2) is 0 Å². The molecule has 0 fully saturated rings. The van der Waals surface area contributed by atoms with E-state index in [0.29, 0.717) is 5.41 Å². The molecule has 0 aromatic rings. The molecule has 1 atom stereocenters. The number of nitrogens with zero attached hydrogens (tertiary/aromatic N) is 1. The molecule has 0 aliphatic carbocycles. The van der Waals surface area contributed by atoms with Crippen LogP contribution in [0.25, 0.3) is 0 Å². The Bertz CT molecular complexity index is 172. The molecule has 0 spiro atoms. The Labute approximate surface area is 109 Å². The van der Waals surface area contributed by atoms with Gasteiger partial charge in [0.15, 0.2) is 0 Å². The van der Waals surface area contributed by atoms with E-state index in [9.17, 15) is 0 Å². The number of rotatable bonds is 9. The van der Waals surface area contributed by atoms with Crippen LogP contribution in [0.15, 0.2) is 0 Å². The quantitative estimate of drug-likeness (QED) is 0.670. The van der Waals surface area contributed by atoms with Crippen LogP contribution in [0.4, 0.5) is 0 Å². The largest absolute Gasteiger partial charge is 0.330 e. The van der Waals surface area contributed by atoms with Gasteiger partial charge in [-0.1, -0.05) is 34.6 Å². The summed E-state index contributed by atoms with van der Waals surface area (Å²) in [4.78, 5) is 2.56. The Morgan fingerprint density at radius 2 is 1.71 bits per heavy atom. The molecule has 0 amide bonds. The first-order valence-corrected chi connectivity index (χ1v) is 7.38. The molecule has 2 N–H and O–H groups in total. The van der Waals surface area contributed by atoms with Gasteiger partial charge in [0, 0.05) is 0 Å². The Morgan fingerprint density at radius 3 is 2.12 bits per heavy atom. The Balaban J connectivity index is 3.96. The standard InChI is InChI=1S/C15H34N2/c1-6-12-17(7-2)13-8-9-14(10-11-16)15(3,4)5/h14H,6-13,16H2,1-5H3. The lowest BCUT2D eigenvalue weighted by atomic mass is 9.76. The van der Waals surface area contributed by atoms with Crippen LogP contribution in [0, 0.1) is 11.3 Å². The van der Waals surface area contributed by atoms with Crippen molar-refractivity contribution in [3.63, 3.8) is 0 Å².